The Hall–Kier alpha value is -1.12. The maximum atomic E-state index is 12.1. The van der Waals surface area contributed by atoms with E-state index >= 15 is 0 Å². The molecule has 1 aromatic heterocycles. The Morgan fingerprint density at radius 1 is 1.61 bits per heavy atom. The van der Waals surface area contributed by atoms with Crippen LogP contribution in [0.3, 0.4) is 0 Å². The maximum absolute atomic E-state index is 12.1. The molecule has 7 nitrogen and oxygen atoms in total. The number of nitrogen functional groups attached to an aromatic ring is 1. The molecule has 2 atom stereocenters. The lowest BCUT2D eigenvalue weighted by Crippen LogP contribution is -2.30. The molecule has 0 aliphatic heterocycles. The number of nitrogens with two attached hydrogens (primary N) is 1. The molecule has 0 spiro atoms. The predicted octanol–water partition coefficient (Wildman–Crippen LogP) is -0.558. The highest BCUT2D eigenvalue weighted by Crippen LogP contribution is 2.25. The fourth-order valence-corrected chi connectivity index (χ4v) is 3.64. The number of hydrogen-bond acceptors (Lipinski definition) is 5. The Balaban J connectivity index is 2.04. The minimum atomic E-state index is -3.64. The fourth-order valence-electron chi connectivity index (χ4n) is 2.29. The summed E-state index contributed by atoms with van der Waals surface area (Å²) in [5.41, 5.74) is 5.54. The van der Waals surface area contributed by atoms with E-state index in [-0.39, 0.29) is 22.9 Å². The van der Waals surface area contributed by atoms with Gasteiger partial charge in [-0.05, 0) is 25.2 Å². The van der Waals surface area contributed by atoms with Crippen molar-refractivity contribution in [3.8, 4) is 0 Å². The molecule has 1 aromatic rings. The second kappa shape index (κ2) is 4.87. The molecule has 0 amide bonds. The Morgan fingerprint density at radius 3 is 2.83 bits per heavy atom. The summed E-state index contributed by atoms with van der Waals surface area (Å²) in [6.45, 7) is 0.323. The number of anilines is 1. The summed E-state index contributed by atoms with van der Waals surface area (Å²) in [5, 5.41) is 9.38. The lowest BCUT2D eigenvalue weighted by Gasteiger charge is -2.12. The van der Waals surface area contributed by atoms with Crippen LogP contribution in [0.4, 0.5) is 5.82 Å². The number of sulfonamides is 1. The fraction of sp³-hybridized carbons (Fsp3) is 0.700. The zero-order chi connectivity index (χ0) is 13.3. The first-order valence-corrected chi connectivity index (χ1v) is 7.33. The Morgan fingerprint density at radius 2 is 2.33 bits per heavy atom. The molecule has 0 saturated heterocycles. The van der Waals surface area contributed by atoms with E-state index in [2.05, 4.69) is 9.71 Å². The van der Waals surface area contributed by atoms with Crippen molar-refractivity contribution in [2.45, 2.75) is 30.4 Å². The molecular formula is C10H18N4O3S. The van der Waals surface area contributed by atoms with Crippen molar-refractivity contribution in [2.24, 2.45) is 13.0 Å². The second-order valence-corrected chi connectivity index (χ2v) is 6.41. The standard InChI is InChI=1S/C10H18N4O3S/c1-14-6-12-9(11)10(14)18(16,17)13-5-7-2-3-8(15)4-7/h6-8,13,15H,2-5,11H2,1H3. The van der Waals surface area contributed by atoms with Crippen LogP contribution in [0.15, 0.2) is 11.4 Å². The number of aliphatic hydroxyl groups is 1. The number of aryl methyl sites for hydroxylation is 1. The Labute approximate surface area is 106 Å². The third-order valence-corrected chi connectivity index (χ3v) is 4.79. The van der Waals surface area contributed by atoms with Crippen molar-refractivity contribution < 1.29 is 13.5 Å². The van der Waals surface area contributed by atoms with Crippen molar-refractivity contribution in [3.63, 3.8) is 0 Å². The van der Waals surface area contributed by atoms with E-state index in [9.17, 15) is 13.5 Å². The van der Waals surface area contributed by atoms with Crippen molar-refractivity contribution in [3.05, 3.63) is 6.33 Å². The number of hydrogen-bond donors (Lipinski definition) is 3. The van der Waals surface area contributed by atoms with Gasteiger partial charge in [0.05, 0.1) is 12.4 Å². The number of imidazole rings is 1. The maximum Gasteiger partial charge on any atom is 0.260 e. The van der Waals surface area contributed by atoms with Gasteiger partial charge in [0.15, 0.2) is 10.8 Å². The van der Waals surface area contributed by atoms with E-state index in [0.29, 0.717) is 13.0 Å². The van der Waals surface area contributed by atoms with E-state index in [1.807, 2.05) is 0 Å². The van der Waals surface area contributed by atoms with E-state index < -0.39 is 10.0 Å². The highest BCUT2D eigenvalue weighted by atomic mass is 32.2. The zero-order valence-corrected chi connectivity index (χ0v) is 11.0. The van der Waals surface area contributed by atoms with Crippen LogP contribution in [0.1, 0.15) is 19.3 Å². The second-order valence-electron chi connectivity index (χ2n) is 4.73. The molecule has 1 heterocycles. The lowest BCUT2D eigenvalue weighted by molar-refractivity contribution is 0.178. The molecule has 102 valence electrons. The van der Waals surface area contributed by atoms with Gasteiger partial charge in [-0.2, -0.15) is 0 Å². The van der Waals surface area contributed by atoms with Gasteiger partial charge >= 0.3 is 0 Å². The van der Waals surface area contributed by atoms with Crippen molar-refractivity contribution in [1.82, 2.24) is 14.3 Å². The molecule has 4 N–H and O–H groups in total. The molecule has 2 rings (SSSR count). The average molecular weight is 274 g/mol. The third-order valence-electron chi connectivity index (χ3n) is 3.24. The summed E-state index contributed by atoms with van der Waals surface area (Å²) in [6, 6.07) is 0. The highest BCUT2D eigenvalue weighted by molar-refractivity contribution is 7.89. The Bertz CT molecular complexity index is 506. The summed E-state index contributed by atoms with van der Waals surface area (Å²) < 4.78 is 28.0. The van der Waals surface area contributed by atoms with Crippen LogP contribution in [0, 0.1) is 5.92 Å². The van der Waals surface area contributed by atoms with Crippen LogP contribution in [-0.4, -0.2) is 35.7 Å². The molecule has 1 saturated carbocycles. The van der Waals surface area contributed by atoms with Gasteiger partial charge in [0.25, 0.3) is 10.0 Å². The largest absolute Gasteiger partial charge is 0.393 e. The topological polar surface area (TPSA) is 110 Å². The number of nitrogens with one attached hydrogen (secondary N) is 1. The van der Waals surface area contributed by atoms with Crippen LogP contribution in [-0.2, 0) is 17.1 Å². The molecule has 18 heavy (non-hydrogen) atoms. The summed E-state index contributed by atoms with van der Waals surface area (Å²) in [5.74, 6) is 0.181. The SMILES string of the molecule is Cn1cnc(N)c1S(=O)(=O)NCC1CCC(O)C1. The summed E-state index contributed by atoms with van der Waals surface area (Å²) >= 11 is 0. The van der Waals surface area contributed by atoms with E-state index in [0.717, 1.165) is 12.8 Å². The van der Waals surface area contributed by atoms with Crippen LogP contribution in [0.25, 0.3) is 0 Å². The molecule has 1 aliphatic carbocycles. The van der Waals surface area contributed by atoms with Gasteiger partial charge in [-0.3, -0.25) is 0 Å². The summed E-state index contributed by atoms with van der Waals surface area (Å²) in [6.07, 6.45) is 3.28. The van der Waals surface area contributed by atoms with Gasteiger partial charge in [0.2, 0.25) is 0 Å². The number of aromatic nitrogens is 2. The van der Waals surface area contributed by atoms with Crippen molar-refractivity contribution >= 4 is 15.8 Å². The lowest BCUT2D eigenvalue weighted by atomic mass is 10.1. The highest BCUT2D eigenvalue weighted by Gasteiger charge is 2.27. The van der Waals surface area contributed by atoms with E-state index in [1.165, 1.54) is 10.9 Å². The minimum Gasteiger partial charge on any atom is -0.393 e. The van der Waals surface area contributed by atoms with E-state index in [4.69, 9.17) is 5.73 Å². The number of aliphatic hydroxyl groups excluding tert-OH is 1. The summed E-state index contributed by atoms with van der Waals surface area (Å²) in [7, 11) is -2.06. The first kappa shape index (κ1) is 13.3. The predicted molar refractivity (Wildman–Crippen MR) is 66.2 cm³/mol. The average Bonchev–Trinajstić information content (AvgIpc) is 2.83. The zero-order valence-electron chi connectivity index (χ0n) is 10.2. The molecule has 1 aliphatic rings. The van der Waals surface area contributed by atoms with Gasteiger partial charge in [-0.1, -0.05) is 0 Å². The van der Waals surface area contributed by atoms with Crippen molar-refractivity contribution in [1.29, 1.82) is 0 Å². The first-order chi connectivity index (χ1) is 8.40. The molecule has 0 radical (unpaired) electrons. The minimum absolute atomic E-state index is 0.00328. The molecule has 1 fully saturated rings. The van der Waals surface area contributed by atoms with Crippen molar-refractivity contribution in [2.75, 3.05) is 12.3 Å². The molecule has 0 aromatic carbocycles. The monoisotopic (exact) mass is 274 g/mol. The normalized spacial score (nSPS) is 24.6. The molecular weight excluding hydrogens is 256 g/mol. The van der Waals surface area contributed by atoms with Gasteiger partial charge in [0, 0.05) is 13.6 Å². The van der Waals surface area contributed by atoms with Crippen LogP contribution < -0.4 is 10.5 Å². The van der Waals surface area contributed by atoms with Crippen LogP contribution in [0.2, 0.25) is 0 Å². The summed E-state index contributed by atoms with van der Waals surface area (Å²) in [4.78, 5) is 3.76. The number of nitrogens with zero attached hydrogens (tertiary/aromatic N) is 2. The van der Waals surface area contributed by atoms with Gasteiger partial charge < -0.3 is 15.4 Å². The van der Waals surface area contributed by atoms with E-state index in [1.54, 1.807) is 7.05 Å². The van der Waals surface area contributed by atoms with Gasteiger partial charge in [-0.25, -0.2) is 18.1 Å². The van der Waals surface area contributed by atoms with Crippen LogP contribution in [0.5, 0.6) is 0 Å². The number of rotatable bonds is 4. The first-order valence-electron chi connectivity index (χ1n) is 5.84. The smallest absolute Gasteiger partial charge is 0.260 e. The molecule has 2 unspecified atom stereocenters. The van der Waals surface area contributed by atoms with Crippen LogP contribution >= 0.6 is 0 Å². The molecule has 8 heteroatoms. The Kier molecular flexibility index (Phi) is 3.60. The molecule has 0 bridgehead atoms. The van der Waals surface area contributed by atoms with Gasteiger partial charge in [-0.15, -0.1) is 0 Å². The van der Waals surface area contributed by atoms with Gasteiger partial charge in [0.1, 0.15) is 0 Å². The third kappa shape index (κ3) is 2.65. The quantitative estimate of drug-likeness (QED) is 0.682.